The minimum atomic E-state index is -4.10. The predicted molar refractivity (Wildman–Crippen MR) is 152 cm³/mol. The highest BCUT2D eigenvalue weighted by Crippen LogP contribution is 2.39. The Morgan fingerprint density at radius 3 is 1.63 bits per heavy atom. The average molecular weight is 584 g/mol. The third-order valence-corrected chi connectivity index (χ3v) is 8.28. The van der Waals surface area contributed by atoms with E-state index in [-0.39, 0.29) is 34.9 Å². The fraction of sp³-hybridized carbons (Fsp3) is 0.233. The number of carbonyl (C=O) groups is 1. The Labute approximate surface area is 238 Å². The van der Waals surface area contributed by atoms with E-state index < -0.39 is 15.8 Å². The van der Waals surface area contributed by atoms with Gasteiger partial charge in [0.05, 0.1) is 40.4 Å². The van der Waals surface area contributed by atoms with Crippen LogP contribution in [-0.2, 0) is 14.8 Å². The van der Waals surface area contributed by atoms with Crippen LogP contribution in [0.3, 0.4) is 0 Å². The third-order valence-electron chi connectivity index (χ3n) is 6.47. The molecule has 0 atom stereocenters. The molecule has 0 saturated carbocycles. The zero-order valence-corrected chi connectivity index (χ0v) is 24.1. The minimum Gasteiger partial charge on any atom is -0.497 e. The normalized spacial score (nSPS) is 16.1. The second-order valence-corrected chi connectivity index (χ2v) is 10.9. The number of ketones is 1. The lowest BCUT2D eigenvalue weighted by Crippen LogP contribution is -2.41. The van der Waals surface area contributed by atoms with Crippen LogP contribution in [0.1, 0.15) is 11.1 Å². The van der Waals surface area contributed by atoms with Gasteiger partial charge in [-0.15, -0.1) is 0 Å². The van der Waals surface area contributed by atoms with Crippen molar-refractivity contribution in [3.05, 3.63) is 82.7 Å². The molecule has 9 nitrogen and oxygen atoms in total. The van der Waals surface area contributed by atoms with Gasteiger partial charge in [-0.05, 0) is 71.8 Å². The number of benzene rings is 3. The van der Waals surface area contributed by atoms with Crippen molar-refractivity contribution in [3.63, 3.8) is 0 Å². The summed E-state index contributed by atoms with van der Waals surface area (Å²) >= 11 is 0. The highest BCUT2D eigenvalue weighted by Gasteiger charge is 2.34. The van der Waals surface area contributed by atoms with Gasteiger partial charge >= 0.3 is 0 Å². The second kappa shape index (κ2) is 12.4. The summed E-state index contributed by atoms with van der Waals surface area (Å²) in [5, 5.41) is 0. The van der Waals surface area contributed by atoms with Gasteiger partial charge in [0.25, 0.3) is 0 Å². The van der Waals surface area contributed by atoms with Gasteiger partial charge in [0.15, 0.2) is 17.3 Å². The van der Waals surface area contributed by atoms with Gasteiger partial charge in [0, 0.05) is 30.3 Å². The van der Waals surface area contributed by atoms with Crippen molar-refractivity contribution in [2.45, 2.75) is 4.90 Å². The number of sulfonamides is 1. The summed E-state index contributed by atoms with van der Waals surface area (Å²) in [5.74, 6) is 1.22. The maximum absolute atomic E-state index is 13.8. The van der Waals surface area contributed by atoms with E-state index in [1.165, 1.54) is 52.0 Å². The first kappa shape index (κ1) is 29.6. The van der Waals surface area contributed by atoms with E-state index in [1.807, 2.05) is 0 Å². The van der Waals surface area contributed by atoms with Gasteiger partial charge in [-0.25, -0.2) is 12.8 Å². The van der Waals surface area contributed by atoms with Crippen LogP contribution in [0.4, 0.5) is 4.39 Å². The summed E-state index contributed by atoms with van der Waals surface area (Å²) in [6, 6.07) is 13.0. The van der Waals surface area contributed by atoms with Crippen molar-refractivity contribution in [1.29, 1.82) is 0 Å². The van der Waals surface area contributed by atoms with E-state index >= 15 is 0 Å². The first-order chi connectivity index (χ1) is 19.6. The lowest BCUT2D eigenvalue weighted by molar-refractivity contribution is -0.113. The molecule has 216 valence electrons. The highest BCUT2D eigenvalue weighted by atomic mass is 32.2. The molecule has 11 heteroatoms. The van der Waals surface area contributed by atoms with E-state index in [0.717, 1.165) is 12.1 Å². The lowest BCUT2D eigenvalue weighted by atomic mass is 9.95. The Morgan fingerprint density at radius 1 is 0.707 bits per heavy atom. The Morgan fingerprint density at radius 2 is 1.20 bits per heavy atom. The topological polar surface area (TPSA) is 101 Å². The average Bonchev–Trinajstić information content (AvgIpc) is 2.98. The molecular formula is C30H30FNO8S. The fourth-order valence-electron chi connectivity index (χ4n) is 4.43. The van der Waals surface area contributed by atoms with Crippen LogP contribution >= 0.6 is 0 Å². The molecule has 1 heterocycles. The number of methoxy groups -OCH3 is 5. The van der Waals surface area contributed by atoms with Crippen LogP contribution in [0.15, 0.2) is 70.6 Å². The number of Topliss-reactive ketones (excluding diaryl/α,β-unsaturated/α-hetero) is 1. The molecule has 3 aromatic carbocycles. The summed E-state index contributed by atoms with van der Waals surface area (Å²) in [7, 11) is 3.34. The zero-order valence-electron chi connectivity index (χ0n) is 23.3. The van der Waals surface area contributed by atoms with E-state index in [1.54, 1.807) is 42.5 Å². The van der Waals surface area contributed by atoms with Crippen LogP contribution in [0.2, 0.25) is 0 Å². The third kappa shape index (κ3) is 6.36. The van der Waals surface area contributed by atoms with Gasteiger partial charge in [0.2, 0.25) is 15.8 Å². The molecular weight excluding hydrogens is 553 g/mol. The Bertz CT molecular complexity index is 1570. The minimum absolute atomic E-state index is 0.0946. The molecule has 0 unspecified atom stereocenters. The maximum atomic E-state index is 13.8. The number of piperidine rings is 1. The SMILES string of the molecule is COc1cc(/C=C2\CN(S(=O)(=O)c3ccc(F)cc3)C/C(=C\c3cc(OC)c(OC)c(OC)c3)C2=O)cc(OC)c1. The molecule has 0 amide bonds. The number of carbonyl (C=O) groups excluding carboxylic acids is 1. The zero-order chi connectivity index (χ0) is 29.7. The quantitative estimate of drug-likeness (QED) is 0.337. The molecule has 1 aliphatic heterocycles. The number of hydrogen-bond acceptors (Lipinski definition) is 8. The van der Waals surface area contributed by atoms with E-state index in [0.29, 0.717) is 39.9 Å². The number of rotatable bonds is 9. The Kier molecular flexibility index (Phi) is 8.99. The molecule has 0 aliphatic carbocycles. The number of ether oxygens (including phenoxy) is 5. The number of hydrogen-bond donors (Lipinski definition) is 0. The number of nitrogens with zero attached hydrogens (tertiary/aromatic N) is 1. The Balaban J connectivity index is 1.86. The van der Waals surface area contributed by atoms with E-state index in [9.17, 15) is 17.6 Å². The predicted octanol–water partition coefficient (Wildman–Crippen LogP) is 4.61. The molecule has 1 fully saturated rings. The second-order valence-electron chi connectivity index (χ2n) is 9.00. The Hall–Kier alpha value is -4.35. The molecule has 3 aromatic rings. The molecule has 0 spiro atoms. The fourth-order valence-corrected chi connectivity index (χ4v) is 5.83. The van der Waals surface area contributed by atoms with Crippen molar-refractivity contribution in [2.24, 2.45) is 0 Å². The van der Waals surface area contributed by atoms with Gasteiger partial charge in [-0.3, -0.25) is 4.79 Å². The van der Waals surface area contributed by atoms with Crippen LogP contribution in [-0.4, -0.2) is 67.1 Å². The van der Waals surface area contributed by atoms with Gasteiger partial charge < -0.3 is 23.7 Å². The first-order valence-electron chi connectivity index (χ1n) is 12.4. The molecule has 0 aromatic heterocycles. The van der Waals surface area contributed by atoms with Crippen molar-refractivity contribution in [3.8, 4) is 28.7 Å². The first-order valence-corrected chi connectivity index (χ1v) is 13.8. The maximum Gasteiger partial charge on any atom is 0.243 e. The number of halogens is 1. The summed E-state index contributed by atoms with van der Waals surface area (Å²) in [6.07, 6.45) is 3.18. The van der Waals surface area contributed by atoms with Gasteiger partial charge in [-0.2, -0.15) is 4.31 Å². The standard InChI is InChI=1S/C30H30FNO8S/c1-36-24-12-19(13-25(16-24)37-2)10-21-17-32(41(34,35)26-8-6-23(31)7-9-26)18-22(29(21)33)11-20-14-27(38-3)30(40-5)28(15-20)39-4/h6-16H,17-18H2,1-5H3/b21-10+,22-11+. The van der Waals surface area contributed by atoms with Crippen LogP contribution in [0.25, 0.3) is 12.2 Å². The molecule has 1 aliphatic rings. The van der Waals surface area contributed by atoms with Crippen molar-refractivity contribution in [1.82, 2.24) is 4.31 Å². The van der Waals surface area contributed by atoms with Crippen molar-refractivity contribution in [2.75, 3.05) is 48.6 Å². The van der Waals surface area contributed by atoms with E-state index in [2.05, 4.69) is 0 Å². The summed E-state index contributed by atoms with van der Waals surface area (Å²) in [4.78, 5) is 13.7. The highest BCUT2D eigenvalue weighted by molar-refractivity contribution is 7.89. The molecule has 0 radical (unpaired) electrons. The molecule has 4 rings (SSSR count). The molecule has 1 saturated heterocycles. The van der Waals surface area contributed by atoms with Crippen LogP contribution < -0.4 is 23.7 Å². The van der Waals surface area contributed by atoms with E-state index in [4.69, 9.17) is 23.7 Å². The van der Waals surface area contributed by atoms with Crippen molar-refractivity contribution < 1.29 is 41.3 Å². The van der Waals surface area contributed by atoms with Gasteiger partial charge in [-0.1, -0.05) is 0 Å². The van der Waals surface area contributed by atoms with Crippen molar-refractivity contribution >= 4 is 28.0 Å². The smallest absolute Gasteiger partial charge is 0.243 e. The summed E-state index contributed by atoms with van der Waals surface area (Å²) in [6.45, 7) is -0.418. The van der Waals surface area contributed by atoms with Crippen LogP contribution in [0.5, 0.6) is 28.7 Å². The summed E-state index contributed by atoms with van der Waals surface area (Å²) < 4.78 is 68.9. The lowest BCUT2D eigenvalue weighted by Gasteiger charge is -2.29. The molecule has 41 heavy (non-hydrogen) atoms. The molecule has 0 N–H and O–H groups in total. The van der Waals surface area contributed by atoms with Crippen LogP contribution in [0, 0.1) is 5.82 Å². The van der Waals surface area contributed by atoms with Gasteiger partial charge in [0.1, 0.15) is 17.3 Å². The largest absolute Gasteiger partial charge is 0.497 e. The monoisotopic (exact) mass is 583 g/mol. The molecule has 0 bridgehead atoms. The summed E-state index contributed by atoms with van der Waals surface area (Å²) in [5.41, 5.74) is 1.54.